The Balaban J connectivity index is 1.72. The molecule has 3 rings (SSSR count). The number of carbonyl (C=O) groups excluding carboxylic acids is 1. The molecule has 1 unspecified atom stereocenters. The molecule has 3 heteroatoms. The van der Waals surface area contributed by atoms with Gasteiger partial charge in [0.15, 0.2) is 0 Å². The van der Waals surface area contributed by atoms with E-state index in [9.17, 15) is 4.79 Å². The van der Waals surface area contributed by atoms with Crippen molar-refractivity contribution in [2.75, 3.05) is 18.0 Å². The van der Waals surface area contributed by atoms with E-state index in [2.05, 4.69) is 81.1 Å². The van der Waals surface area contributed by atoms with Crippen molar-refractivity contribution in [1.29, 1.82) is 0 Å². The van der Waals surface area contributed by atoms with Gasteiger partial charge >= 0.3 is 0 Å². The average Bonchev–Trinajstić information content (AvgIpc) is 2.60. The number of amides is 1. The summed E-state index contributed by atoms with van der Waals surface area (Å²) in [6, 6.07) is 16.8. The highest BCUT2D eigenvalue weighted by Gasteiger charge is 2.32. The van der Waals surface area contributed by atoms with Crippen molar-refractivity contribution in [3.8, 4) is 0 Å². The molecule has 0 spiro atoms. The van der Waals surface area contributed by atoms with E-state index in [-0.39, 0.29) is 17.4 Å². The summed E-state index contributed by atoms with van der Waals surface area (Å²) in [7, 11) is 0. The Hall–Kier alpha value is -2.13. The number of piperazine rings is 1. The zero-order valence-electron chi connectivity index (χ0n) is 16.6. The Kier molecular flexibility index (Phi) is 5.19. The summed E-state index contributed by atoms with van der Waals surface area (Å²) in [5, 5.41) is 0. The zero-order valence-corrected chi connectivity index (χ0v) is 16.6. The van der Waals surface area contributed by atoms with Gasteiger partial charge in [-0.1, -0.05) is 57.2 Å². The van der Waals surface area contributed by atoms with Gasteiger partial charge in [0.1, 0.15) is 0 Å². The van der Waals surface area contributed by atoms with E-state index in [1.54, 1.807) is 0 Å². The van der Waals surface area contributed by atoms with Crippen LogP contribution in [0.2, 0.25) is 0 Å². The molecule has 2 aromatic rings. The Bertz CT molecular complexity index is 774. The van der Waals surface area contributed by atoms with Crippen LogP contribution >= 0.6 is 0 Å². The van der Waals surface area contributed by atoms with Crippen LogP contribution in [-0.2, 0) is 16.8 Å². The number of anilines is 1. The molecule has 3 nitrogen and oxygen atoms in total. The molecule has 1 amide bonds. The highest BCUT2D eigenvalue weighted by Crippen LogP contribution is 2.27. The summed E-state index contributed by atoms with van der Waals surface area (Å²) in [5.41, 5.74) is 5.01. The largest absolute Gasteiger partial charge is 0.310 e. The standard InChI is InChI=1S/C23H30N2O/c1-17-8-6-7-9-19(17)16-24-14-15-25(22(26)18(24)2)21-12-10-20(11-13-21)23(3,4)5/h6-13,18H,14-16H2,1-5H3. The maximum Gasteiger partial charge on any atom is 0.244 e. The average molecular weight is 351 g/mol. The normalized spacial score (nSPS) is 19.0. The first-order chi connectivity index (χ1) is 12.3. The van der Waals surface area contributed by atoms with Crippen molar-refractivity contribution in [3.05, 3.63) is 65.2 Å². The van der Waals surface area contributed by atoms with E-state index in [0.717, 1.165) is 25.3 Å². The molecule has 1 aliphatic heterocycles. The van der Waals surface area contributed by atoms with Gasteiger partial charge in [-0.15, -0.1) is 0 Å². The van der Waals surface area contributed by atoms with Crippen LogP contribution in [0.15, 0.2) is 48.5 Å². The number of carbonyl (C=O) groups is 1. The van der Waals surface area contributed by atoms with Crippen LogP contribution in [0.4, 0.5) is 5.69 Å². The first-order valence-electron chi connectivity index (χ1n) is 9.48. The summed E-state index contributed by atoms with van der Waals surface area (Å²) >= 11 is 0. The predicted molar refractivity (Wildman–Crippen MR) is 109 cm³/mol. The van der Waals surface area contributed by atoms with Crippen LogP contribution in [0.3, 0.4) is 0 Å². The number of rotatable bonds is 3. The SMILES string of the molecule is Cc1ccccc1CN1CCN(c2ccc(C(C)(C)C)cc2)C(=O)C1C. The summed E-state index contributed by atoms with van der Waals surface area (Å²) in [6.45, 7) is 13.2. The summed E-state index contributed by atoms with van der Waals surface area (Å²) in [4.78, 5) is 17.2. The lowest BCUT2D eigenvalue weighted by Gasteiger charge is -2.39. The van der Waals surface area contributed by atoms with Crippen molar-refractivity contribution in [1.82, 2.24) is 4.90 Å². The molecule has 138 valence electrons. The molecule has 1 saturated heterocycles. The van der Waals surface area contributed by atoms with Crippen LogP contribution in [0.25, 0.3) is 0 Å². The molecule has 26 heavy (non-hydrogen) atoms. The molecule has 1 fully saturated rings. The van der Waals surface area contributed by atoms with Gasteiger partial charge in [0.2, 0.25) is 5.91 Å². The molecular weight excluding hydrogens is 320 g/mol. The van der Waals surface area contributed by atoms with Gasteiger partial charge in [0.25, 0.3) is 0 Å². The summed E-state index contributed by atoms with van der Waals surface area (Å²) < 4.78 is 0. The van der Waals surface area contributed by atoms with Crippen LogP contribution < -0.4 is 4.90 Å². The predicted octanol–water partition coefficient (Wildman–Crippen LogP) is 4.53. The molecule has 0 N–H and O–H groups in total. The van der Waals surface area contributed by atoms with Crippen LogP contribution in [-0.4, -0.2) is 29.9 Å². The Morgan fingerprint density at radius 2 is 1.65 bits per heavy atom. The van der Waals surface area contributed by atoms with Gasteiger partial charge in [-0.2, -0.15) is 0 Å². The topological polar surface area (TPSA) is 23.6 Å². The van der Waals surface area contributed by atoms with Crippen molar-refractivity contribution in [2.45, 2.75) is 52.6 Å². The molecular formula is C23H30N2O. The van der Waals surface area contributed by atoms with Crippen molar-refractivity contribution < 1.29 is 4.79 Å². The minimum Gasteiger partial charge on any atom is -0.310 e. The van der Waals surface area contributed by atoms with E-state index < -0.39 is 0 Å². The third-order valence-corrected chi connectivity index (χ3v) is 5.46. The fourth-order valence-electron chi connectivity index (χ4n) is 3.53. The van der Waals surface area contributed by atoms with E-state index in [1.165, 1.54) is 16.7 Å². The fourth-order valence-corrected chi connectivity index (χ4v) is 3.53. The minimum atomic E-state index is -0.106. The summed E-state index contributed by atoms with van der Waals surface area (Å²) in [6.07, 6.45) is 0. The third-order valence-electron chi connectivity index (χ3n) is 5.46. The molecule has 2 aromatic carbocycles. The number of benzene rings is 2. The third kappa shape index (κ3) is 3.83. The minimum absolute atomic E-state index is 0.106. The second-order valence-electron chi connectivity index (χ2n) is 8.36. The van der Waals surface area contributed by atoms with Gasteiger partial charge < -0.3 is 4.90 Å². The lowest BCUT2D eigenvalue weighted by atomic mass is 9.87. The number of nitrogens with zero attached hydrogens (tertiary/aromatic N) is 2. The van der Waals surface area contributed by atoms with Crippen LogP contribution in [0.1, 0.15) is 44.4 Å². The maximum absolute atomic E-state index is 13.0. The molecule has 0 bridgehead atoms. The molecule has 0 saturated carbocycles. The van der Waals surface area contributed by atoms with E-state index in [1.807, 2.05) is 11.8 Å². The van der Waals surface area contributed by atoms with Gasteiger partial charge in [0, 0.05) is 25.3 Å². The molecule has 1 heterocycles. The van der Waals surface area contributed by atoms with E-state index in [0.29, 0.717) is 0 Å². The lowest BCUT2D eigenvalue weighted by molar-refractivity contribution is -0.125. The second kappa shape index (κ2) is 7.24. The number of aryl methyl sites for hydroxylation is 1. The molecule has 0 aromatic heterocycles. The fraction of sp³-hybridized carbons (Fsp3) is 0.435. The first kappa shape index (κ1) is 18.7. The molecule has 0 radical (unpaired) electrons. The Morgan fingerprint density at radius 3 is 2.27 bits per heavy atom. The lowest BCUT2D eigenvalue weighted by Crippen LogP contribution is -2.55. The Morgan fingerprint density at radius 1 is 1.00 bits per heavy atom. The zero-order chi connectivity index (χ0) is 18.9. The van der Waals surface area contributed by atoms with Gasteiger partial charge in [0.05, 0.1) is 6.04 Å². The second-order valence-corrected chi connectivity index (χ2v) is 8.36. The van der Waals surface area contributed by atoms with Gasteiger partial charge in [-0.3, -0.25) is 9.69 Å². The molecule has 1 atom stereocenters. The highest BCUT2D eigenvalue weighted by molar-refractivity contribution is 5.97. The van der Waals surface area contributed by atoms with E-state index in [4.69, 9.17) is 0 Å². The van der Waals surface area contributed by atoms with E-state index >= 15 is 0 Å². The van der Waals surface area contributed by atoms with Crippen LogP contribution in [0.5, 0.6) is 0 Å². The molecule has 0 aliphatic carbocycles. The van der Waals surface area contributed by atoms with Gasteiger partial charge in [-0.05, 0) is 48.1 Å². The number of hydrogen-bond donors (Lipinski definition) is 0. The van der Waals surface area contributed by atoms with Crippen molar-refractivity contribution in [2.24, 2.45) is 0 Å². The number of hydrogen-bond acceptors (Lipinski definition) is 2. The smallest absolute Gasteiger partial charge is 0.244 e. The van der Waals surface area contributed by atoms with Crippen molar-refractivity contribution >= 4 is 11.6 Å². The monoisotopic (exact) mass is 350 g/mol. The van der Waals surface area contributed by atoms with Crippen molar-refractivity contribution in [3.63, 3.8) is 0 Å². The van der Waals surface area contributed by atoms with Gasteiger partial charge in [-0.25, -0.2) is 0 Å². The summed E-state index contributed by atoms with van der Waals surface area (Å²) in [5.74, 6) is 0.188. The Labute approximate surface area is 157 Å². The highest BCUT2D eigenvalue weighted by atomic mass is 16.2. The quantitative estimate of drug-likeness (QED) is 0.812. The molecule has 1 aliphatic rings. The van der Waals surface area contributed by atoms with Crippen LogP contribution in [0, 0.1) is 6.92 Å². The first-order valence-corrected chi connectivity index (χ1v) is 9.48. The maximum atomic E-state index is 13.0.